The van der Waals surface area contributed by atoms with Crippen LogP contribution in [-0.4, -0.2) is 28.3 Å². The van der Waals surface area contributed by atoms with Gasteiger partial charge >= 0.3 is 0 Å². The largest absolute Gasteiger partial charge is 0.477 e. The van der Waals surface area contributed by atoms with Crippen LogP contribution in [0.3, 0.4) is 0 Å². The first kappa shape index (κ1) is 11.2. The van der Waals surface area contributed by atoms with Crippen LogP contribution >= 0.6 is 15.9 Å². The molecule has 0 radical (unpaired) electrons. The lowest BCUT2D eigenvalue weighted by Crippen LogP contribution is -2.11. The van der Waals surface area contributed by atoms with Gasteiger partial charge in [0.05, 0.1) is 6.61 Å². The maximum absolute atomic E-state index is 8.56. The van der Waals surface area contributed by atoms with Gasteiger partial charge in [-0.25, -0.2) is 15.8 Å². The van der Waals surface area contributed by atoms with Crippen molar-refractivity contribution in [2.24, 2.45) is 5.84 Å². The Morgan fingerprint density at radius 2 is 2.36 bits per heavy atom. The zero-order chi connectivity index (χ0) is 10.4. The maximum atomic E-state index is 8.56. The standard InChI is InChI=1S/C7H11BrN4O2/c8-5-6(12-9)10-4-11-7(5)14-3-1-2-13/h4,13H,1-3,9H2,(H,10,11,12). The Labute approximate surface area is 89.6 Å². The lowest BCUT2D eigenvalue weighted by molar-refractivity contribution is 0.228. The number of hydrazine groups is 1. The van der Waals surface area contributed by atoms with E-state index in [2.05, 4.69) is 31.3 Å². The van der Waals surface area contributed by atoms with Crippen LogP contribution in [0.5, 0.6) is 5.88 Å². The van der Waals surface area contributed by atoms with Gasteiger partial charge in [0.25, 0.3) is 0 Å². The molecule has 0 atom stereocenters. The number of halogens is 1. The molecule has 0 fully saturated rings. The summed E-state index contributed by atoms with van der Waals surface area (Å²) in [6, 6.07) is 0. The van der Waals surface area contributed by atoms with Crippen molar-refractivity contribution in [1.29, 1.82) is 0 Å². The number of aromatic nitrogens is 2. The first-order valence-corrected chi connectivity index (χ1v) is 4.79. The molecular formula is C7H11BrN4O2. The van der Waals surface area contributed by atoms with Gasteiger partial charge in [-0.15, -0.1) is 0 Å². The van der Waals surface area contributed by atoms with Gasteiger partial charge in [-0.3, -0.25) is 0 Å². The molecule has 1 aromatic heterocycles. The van der Waals surface area contributed by atoms with E-state index in [0.29, 0.717) is 29.2 Å². The molecule has 0 saturated carbocycles. The topological polar surface area (TPSA) is 93.3 Å². The highest BCUT2D eigenvalue weighted by atomic mass is 79.9. The first-order chi connectivity index (χ1) is 6.79. The van der Waals surface area contributed by atoms with Crippen LogP contribution in [0.2, 0.25) is 0 Å². The van der Waals surface area contributed by atoms with Gasteiger partial charge in [0.2, 0.25) is 5.88 Å². The van der Waals surface area contributed by atoms with Crippen LogP contribution in [0.25, 0.3) is 0 Å². The third-order valence-corrected chi connectivity index (χ3v) is 2.15. The fraction of sp³-hybridized carbons (Fsp3) is 0.429. The monoisotopic (exact) mass is 262 g/mol. The van der Waals surface area contributed by atoms with E-state index in [9.17, 15) is 0 Å². The maximum Gasteiger partial charge on any atom is 0.233 e. The number of nitrogens with two attached hydrogens (primary N) is 1. The van der Waals surface area contributed by atoms with Gasteiger partial charge in [-0.2, -0.15) is 0 Å². The van der Waals surface area contributed by atoms with Gasteiger partial charge < -0.3 is 15.3 Å². The number of aliphatic hydroxyl groups excluding tert-OH is 1. The molecule has 78 valence electrons. The summed E-state index contributed by atoms with van der Waals surface area (Å²) in [5.41, 5.74) is 2.40. The third kappa shape index (κ3) is 2.79. The molecule has 7 heteroatoms. The molecule has 0 aliphatic rings. The van der Waals surface area contributed by atoms with Crippen molar-refractivity contribution in [3.05, 3.63) is 10.8 Å². The van der Waals surface area contributed by atoms with E-state index in [1.165, 1.54) is 6.33 Å². The number of nitrogen functional groups attached to an aromatic ring is 1. The van der Waals surface area contributed by atoms with Crippen molar-refractivity contribution >= 4 is 21.7 Å². The Kier molecular flexibility index (Phi) is 4.57. The number of nitrogens with one attached hydrogen (secondary N) is 1. The van der Waals surface area contributed by atoms with Crippen LogP contribution < -0.4 is 16.0 Å². The van der Waals surface area contributed by atoms with Crippen molar-refractivity contribution < 1.29 is 9.84 Å². The van der Waals surface area contributed by atoms with Crippen molar-refractivity contribution in [2.45, 2.75) is 6.42 Å². The smallest absolute Gasteiger partial charge is 0.233 e. The van der Waals surface area contributed by atoms with E-state index >= 15 is 0 Å². The molecule has 4 N–H and O–H groups in total. The third-order valence-electron chi connectivity index (χ3n) is 1.44. The molecular weight excluding hydrogens is 252 g/mol. The average Bonchev–Trinajstić information content (AvgIpc) is 2.21. The lowest BCUT2D eigenvalue weighted by Gasteiger charge is -2.07. The molecule has 0 amide bonds. The average molecular weight is 263 g/mol. The number of nitrogens with zero attached hydrogens (tertiary/aromatic N) is 2. The minimum absolute atomic E-state index is 0.0880. The lowest BCUT2D eigenvalue weighted by atomic mass is 10.5. The summed E-state index contributed by atoms with van der Waals surface area (Å²) in [6.07, 6.45) is 1.90. The molecule has 0 bridgehead atoms. The van der Waals surface area contributed by atoms with Crippen molar-refractivity contribution in [1.82, 2.24) is 9.97 Å². The van der Waals surface area contributed by atoms with E-state index in [4.69, 9.17) is 15.7 Å². The molecule has 0 aliphatic carbocycles. The van der Waals surface area contributed by atoms with E-state index in [0.717, 1.165) is 0 Å². The first-order valence-electron chi connectivity index (χ1n) is 4.00. The molecule has 0 unspecified atom stereocenters. The fourth-order valence-corrected chi connectivity index (χ4v) is 1.22. The van der Waals surface area contributed by atoms with Crippen molar-refractivity contribution in [3.8, 4) is 5.88 Å². The number of anilines is 1. The van der Waals surface area contributed by atoms with E-state index in [1.54, 1.807) is 0 Å². The Morgan fingerprint density at radius 3 is 3.00 bits per heavy atom. The molecule has 1 rings (SSSR count). The summed E-state index contributed by atoms with van der Waals surface area (Å²) in [5, 5.41) is 8.56. The molecule has 0 aromatic carbocycles. The number of rotatable bonds is 5. The molecule has 1 aromatic rings. The number of ether oxygens (including phenoxy) is 1. The van der Waals surface area contributed by atoms with Crippen LogP contribution in [0.1, 0.15) is 6.42 Å². The second kappa shape index (κ2) is 5.74. The van der Waals surface area contributed by atoms with Gasteiger partial charge in [0.15, 0.2) is 5.82 Å². The van der Waals surface area contributed by atoms with Gasteiger partial charge in [-0.1, -0.05) is 0 Å². The summed E-state index contributed by atoms with van der Waals surface area (Å²) < 4.78 is 5.84. The SMILES string of the molecule is NNc1ncnc(OCCCO)c1Br. The normalized spacial score (nSPS) is 9.93. The summed E-state index contributed by atoms with van der Waals surface area (Å²) in [5.74, 6) is 6.07. The van der Waals surface area contributed by atoms with Crippen LogP contribution in [0.4, 0.5) is 5.82 Å². The van der Waals surface area contributed by atoms with Crippen molar-refractivity contribution in [2.75, 3.05) is 18.6 Å². The molecule has 0 saturated heterocycles. The number of hydrogen-bond donors (Lipinski definition) is 3. The predicted octanol–water partition coefficient (Wildman–Crippen LogP) is 0.286. The van der Waals surface area contributed by atoms with E-state index in [-0.39, 0.29) is 6.61 Å². The van der Waals surface area contributed by atoms with Gasteiger partial charge in [-0.05, 0) is 15.9 Å². The fourth-order valence-electron chi connectivity index (χ4n) is 0.788. The highest BCUT2D eigenvalue weighted by molar-refractivity contribution is 9.10. The van der Waals surface area contributed by atoms with Crippen LogP contribution in [-0.2, 0) is 0 Å². The Bertz CT molecular complexity index is 297. The number of hydrogen-bond acceptors (Lipinski definition) is 6. The second-order valence-electron chi connectivity index (χ2n) is 2.41. The predicted molar refractivity (Wildman–Crippen MR) is 54.7 cm³/mol. The summed E-state index contributed by atoms with van der Waals surface area (Å²) >= 11 is 3.24. The summed E-state index contributed by atoms with van der Waals surface area (Å²) in [4.78, 5) is 7.76. The number of aliphatic hydroxyl groups is 1. The van der Waals surface area contributed by atoms with E-state index in [1.807, 2.05) is 0 Å². The van der Waals surface area contributed by atoms with Crippen LogP contribution in [0, 0.1) is 0 Å². The van der Waals surface area contributed by atoms with Gasteiger partial charge in [0.1, 0.15) is 10.8 Å². The van der Waals surface area contributed by atoms with E-state index < -0.39 is 0 Å². The Hall–Kier alpha value is -0.920. The Balaban J connectivity index is 2.66. The van der Waals surface area contributed by atoms with Gasteiger partial charge in [0, 0.05) is 13.0 Å². The highest BCUT2D eigenvalue weighted by Crippen LogP contribution is 2.27. The Morgan fingerprint density at radius 1 is 1.57 bits per heavy atom. The molecule has 14 heavy (non-hydrogen) atoms. The van der Waals surface area contributed by atoms with Crippen molar-refractivity contribution in [3.63, 3.8) is 0 Å². The second-order valence-corrected chi connectivity index (χ2v) is 3.20. The minimum atomic E-state index is 0.0880. The quantitative estimate of drug-likeness (QED) is 0.401. The minimum Gasteiger partial charge on any atom is -0.477 e. The summed E-state index contributed by atoms with van der Waals surface area (Å²) in [7, 11) is 0. The van der Waals surface area contributed by atoms with Crippen LogP contribution in [0.15, 0.2) is 10.8 Å². The zero-order valence-electron chi connectivity index (χ0n) is 7.40. The molecule has 0 aliphatic heterocycles. The zero-order valence-corrected chi connectivity index (χ0v) is 8.99. The molecule has 0 spiro atoms. The molecule has 1 heterocycles. The summed E-state index contributed by atoms with van der Waals surface area (Å²) in [6.45, 7) is 0.487. The molecule has 6 nitrogen and oxygen atoms in total. The highest BCUT2D eigenvalue weighted by Gasteiger charge is 2.07.